The second kappa shape index (κ2) is 10.0. The van der Waals surface area contributed by atoms with Gasteiger partial charge in [0.2, 0.25) is 0 Å². The molecular weight excluding hydrogens is 484 g/mol. The van der Waals surface area contributed by atoms with E-state index in [1.165, 1.54) is 12.0 Å². The van der Waals surface area contributed by atoms with Gasteiger partial charge in [0.25, 0.3) is 0 Å². The van der Waals surface area contributed by atoms with Crippen LogP contribution in [0.1, 0.15) is 31.0 Å². The molecule has 1 saturated heterocycles. The largest absolute Gasteiger partial charge is 0.462 e. The van der Waals surface area contributed by atoms with Crippen LogP contribution < -0.4 is 20.3 Å². The molecule has 0 bridgehead atoms. The highest BCUT2D eigenvalue weighted by Crippen LogP contribution is 2.37. The molecule has 1 fully saturated rings. The number of anilines is 2. The first-order chi connectivity index (χ1) is 18.0. The second-order valence-electron chi connectivity index (χ2n) is 10.6. The normalized spacial score (nSPS) is 22.3. The average molecular weight is 519 g/mol. The lowest BCUT2D eigenvalue weighted by Crippen LogP contribution is -2.39. The van der Waals surface area contributed by atoms with E-state index in [-0.39, 0.29) is 5.92 Å². The molecule has 3 aromatic rings. The minimum absolute atomic E-state index is 0.286. The highest BCUT2D eigenvalue weighted by molar-refractivity contribution is 6.36. The Morgan fingerprint density at radius 2 is 1.95 bits per heavy atom. The van der Waals surface area contributed by atoms with Crippen molar-refractivity contribution in [3.63, 3.8) is 0 Å². The van der Waals surface area contributed by atoms with Crippen LogP contribution in [0.15, 0.2) is 48.2 Å². The summed E-state index contributed by atoms with van der Waals surface area (Å²) in [6.07, 6.45) is 5.34. The molecule has 0 radical (unpaired) electrons. The third-order valence-electron chi connectivity index (χ3n) is 8.18. The van der Waals surface area contributed by atoms with Crippen molar-refractivity contribution in [2.75, 3.05) is 49.6 Å². The lowest BCUT2D eigenvalue weighted by molar-refractivity contribution is 0.187. The van der Waals surface area contributed by atoms with Gasteiger partial charge in [-0.05, 0) is 56.4 Å². The summed E-state index contributed by atoms with van der Waals surface area (Å²) in [5.41, 5.74) is 10.6. The molecule has 0 saturated carbocycles. The van der Waals surface area contributed by atoms with Crippen LogP contribution in [-0.2, 0) is 13.0 Å². The first-order valence-corrected chi connectivity index (χ1v) is 13.7. The molecule has 6 rings (SSSR count). The van der Waals surface area contributed by atoms with Gasteiger partial charge in [0, 0.05) is 53.9 Å². The van der Waals surface area contributed by atoms with E-state index in [4.69, 9.17) is 32.0 Å². The molecule has 4 heterocycles. The first-order valence-electron chi connectivity index (χ1n) is 13.3. The van der Waals surface area contributed by atoms with Gasteiger partial charge in [0.15, 0.2) is 0 Å². The highest BCUT2D eigenvalue weighted by Gasteiger charge is 2.29. The fourth-order valence-electron chi connectivity index (χ4n) is 5.92. The molecule has 194 valence electrons. The summed E-state index contributed by atoms with van der Waals surface area (Å²) in [7, 11) is 2.17. The number of ether oxygens (including phenoxy) is 1. The fraction of sp³-hybridized carbons (Fsp3) is 0.448. The van der Waals surface area contributed by atoms with Gasteiger partial charge >= 0.3 is 6.01 Å². The molecule has 37 heavy (non-hydrogen) atoms. The van der Waals surface area contributed by atoms with E-state index in [2.05, 4.69) is 59.0 Å². The number of rotatable bonds is 5. The third kappa shape index (κ3) is 4.71. The van der Waals surface area contributed by atoms with E-state index < -0.39 is 0 Å². The monoisotopic (exact) mass is 518 g/mol. The van der Waals surface area contributed by atoms with Crippen molar-refractivity contribution in [3.8, 4) is 6.01 Å². The Morgan fingerprint density at radius 1 is 1.11 bits per heavy atom. The van der Waals surface area contributed by atoms with E-state index in [1.807, 2.05) is 12.1 Å². The SMILES string of the molecule is CC1CN(c2nc(OCC3CCCN3C)nc3c2CCN(c2cccc4cccc(Cl)c24)C3)CC=C1N. The van der Waals surface area contributed by atoms with Crippen LogP contribution in [-0.4, -0.2) is 60.7 Å². The Bertz CT molecular complexity index is 1340. The number of likely N-dealkylation sites (N-methyl/N-ethyl adjacent to an activating group) is 1. The lowest BCUT2D eigenvalue weighted by atomic mass is 10.00. The van der Waals surface area contributed by atoms with Crippen molar-refractivity contribution in [2.45, 2.75) is 38.8 Å². The molecule has 0 spiro atoms. The number of halogens is 1. The van der Waals surface area contributed by atoms with Crippen LogP contribution in [0.2, 0.25) is 5.02 Å². The van der Waals surface area contributed by atoms with Crippen LogP contribution in [0.4, 0.5) is 11.5 Å². The van der Waals surface area contributed by atoms with Crippen molar-refractivity contribution in [1.82, 2.24) is 14.9 Å². The Balaban J connectivity index is 1.35. The van der Waals surface area contributed by atoms with E-state index in [9.17, 15) is 0 Å². The smallest absolute Gasteiger partial charge is 0.318 e. The number of fused-ring (bicyclic) bond motifs is 2. The predicted octanol–water partition coefficient (Wildman–Crippen LogP) is 4.62. The Kier molecular flexibility index (Phi) is 6.59. The highest BCUT2D eigenvalue weighted by atomic mass is 35.5. The number of benzene rings is 2. The molecule has 3 aliphatic heterocycles. The fourth-order valence-corrected chi connectivity index (χ4v) is 6.20. The maximum Gasteiger partial charge on any atom is 0.318 e. The van der Waals surface area contributed by atoms with Crippen molar-refractivity contribution in [3.05, 3.63) is 64.5 Å². The molecule has 8 heteroatoms. The molecule has 2 atom stereocenters. The molecule has 2 N–H and O–H groups in total. The van der Waals surface area contributed by atoms with Crippen LogP contribution in [0.5, 0.6) is 6.01 Å². The van der Waals surface area contributed by atoms with Crippen LogP contribution >= 0.6 is 11.6 Å². The molecule has 3 aliphatic rings. The molecule has 7 nitrogen and oxygen atoms in total. The minimum Gasteiger partial charge on any atom is -0.462 e. The molecule has 0 amide bonds. The van der Waals surface area contributed by atoms with Crippen LogP contribution in [0, 0.1) is 5.92 Å². The Labute approximate surface area is 223 Å². The van der Waals surface area contributed by atoms with Gasteiger partial charge in [-0.15, -0.1) is 0 Å². The van der Waals surface area contributed by atoms with Crippen LogP contribution in [0.3, 0.4) is 0 Å². The zero-order valence-corrected chi connectivity index (χ0v) is 22.4. The van der Waals surface area contributed by atoms with Gasteiger partial charge in [0.1, 0.15) is 12.4 Å². The van der Waals surface area contributed by atoms with E-state index >= 15 is 0 Å². The van der Waals surface area contributed by atoms with Crippen molar-refractivity contribution in [1.29, 1.82) is 0 Å². The Hall–Kier alpha value is -3.03. The minimum atomic E-state index is 0.286. The number of hydrogen-bond donors (Lipinski definition) is 1. The first kappa shape index (κ1) is 24.3. The summed E-state index contributed by atoms with van der Waals surface area (Å²) < 4.78 is 6.27. The van der Waals surface area contributed by atoms with Crippen molar-refractivity contribution in [2.24, 2.45) is 11.7 Å². The van der Waals surface area contributed by atoms with Crippen molar-refractivity contribution < 1.29 is 4.74 Å². The summed E-state index contributed by atoms with van der Waals surface area (Å²) in [5.74, 6) is 1.28. The predicted molar refractivity (Wildman–Crippen MR) is 151 cm³/mol. The molecule has 1 aromatic heterocycles. The lowest BCUT2D eigenvalue weighted by Gasteiger charge is -2.36. The maximum atomic E-state index is 6.68. The molecule has 0 aliphatic carbocycles. The second-order valence-corrected chi connectivity index (χ2v) is 11.0. The van der Waals surface area contributed by atoms with Gasteiger partial charge < -0.3 is 25.2 Å². The van der Waals surface area contributed by atoms with Gasteiger partial charge in [-0.25, -0.2) is 0 Å². The number of hydrogen-bond acceptors (Lipinski definition) is 7. The zero-order valence-electron chi connectivity index (χ0n) is 21.7. The van der Waals surface area contributed by atoms with E-state index in [0.29, 0.717) is 25.2 Å². The number of nitrogens with two attached hydrogens (primary N) is 1. The standard InChI is InChI=1S/C29H35ClN6O/c1-19-16-36(15-12-24(19)31)28-22-11-14-35(26-10-4-7-20-6-3-9-23(30)27(20)26)17-25(22)32-29(33-28)37-18-21-8-5-13-34(21)2/h3-4,6-7,9-10,12,19,21H,5,8,11,13-18,31H2,1-2H3. The quantitative estimate of drug-likeness (QED) is 0.528. The van der Waals surface area contributed by atoms with Gasteiger partial charge in [0.05, 0.1) is 17.3 Å². The zero-order chi connectivity index (χ0) is 25.5. The Morgan fingerprint density at radius 3 is 2.73 bits per heavy atom. The van der Waals surface area contributed by atoms with Gasteiger partial charge in [-0.2, -0.15) is 9.97 Å². The number of nitrogens with zero attached hydrogens (tertiary/aromatic N) is 5. The van der Waals surface area contributed by atoms with Crippen LogP contribution in [0.25, 0.3) is 10.8 Å². The topological polar surface area (TPSA) is 70.8 Å². The molecule has 2 unspecified atom stereocenters. The average Bonchev–Trinajstić information content (AvgIpc) is 3.32. The summed E-state index contributed by atoms with van der Waals surface area (Å²) in [5, 5.41) is 3.02. The maximum absolute atomic E-state index is 6.68. The summed E-state index contributed by atoms with van der Waals surface area (Å²) in [6.45, 7) is 7.07. The molecular formula is C29H35ClN6O. The summed E-state index contributed by atoms with van der Waals surface area (Å²) >= 11 is 6.68. The van der Waals surface area contributed by atoms with Crippen molar-refractivity contribution >= 4 is 33.9 Å². The number of likely N-dealkylation sites (tertiary alicyclic amines) is 1. The summed E-state index contributed by atoms with van der Waals surface area (Å²) in [4.78, 5) is 17.0. The summed E-state index contributed by atoms with van der Waals surface area (Å²) in [6, 6.07) is 13.4. The van der Waals surface area contributed by atoms with Gasteiger partial charge in [-0.1, -0.05) is 42.8 Å². The third-order valence-corrected chi connectivity index (χ3v) is 8.50. The number of aromatic nitrogens is 2. The van der Waals surface area contributed by atoms with E-state index in [1.54, 1.807) is 0 Å². The van der Waals surface area contributed by atoms with Gasteiger partial charge in [-0.3, -0.25) is 0 Å². The molecule has 2 aromatic carbocycles. The van der Waals surface area contributed by atoms with E-state index in [0.717, 1.165) is 77.7 Å².